The van der Waals surface area contributed by atoms with Crippen LogP contribution in [-0.4, -0.2) is 34.8 Å². The minimum Gasteiger partial charge on any atom is -0.482 e. The van der Waals surface area contributed by atoms with Gasteiger partial charge in [0.2, 0.25) is 0 Å². The molecular formula is C30H32N2O6S. The summed E-state index contributed by atoms with van der Waals surface area (Å²) in [4.78, 5) is 43.3. The molecule has 0 radical (unpaired) electrons. The van der Waals surface area contributed by atoms with Crippen molar-refractivity contribution in [3.8, 4) is 5.75 Å². The topological polar surface area (TPSA) is 107 Å². The van der Waals surface area contributed by atoms with E-state index in [1.807, 2.05) is 31.2 Å². The van der Waals surface area contributed by atoms with Crippen molar-refractivity contribution < 1.29 is 24.2 Å². The molecule has 0 aliphatic carbocycles. The van der Waals surface area contributed by atoms with E-state index in [1.54, 1.807) is 41.8 Å². The number of rotatable bonds is 10. The third-order valence-corrected chi connectivity index (χ3v) is 7.31. The van der Waals surface area contributed by atoms with Crippen LogP contribution in [0, 0.1) is 0 Å². The zero-order valence-corrected chi connectivity index (χ0v) is 23.3. The molecule has 0 saturated heterocycles. The molecule has 1 aromatic heterocycles. The Kier molecular flexibility index (Phi) is 8.81. The van der Waals surface area contributed by atoms with Gasteiger partial charge in [0.25, 0.3) is 5.56 Å². The number of carbonyl (C=O) groups excluding carboxylic acids is 1. The Morgan fingerprint density at radius 1 is 1.15 bits per heavy atom. The fourth-order valence-electron chi connectivity index (χ4n) is 4.49. The molecule has 4 rings (SSSR count). The van der Waals surface area contributed by atoms with Crippen LogP contribution in [0.1, 0.15) is 69.2 Å². The molecule has 39 heavy (non-hydrogen) atoms. The molecule has 1 atom stereocenters. The van der Waals surface area contributed by atoms with Gasteiger partial charge in [0.1, 0.15) is 5.75 Å². The molecule has 2 heterocycles. The number of hydrogen-bond donors (Lipinski definition) is 1. The summed E-state index contributed by atoms with van der Waals surface area (Å²) in [5.74, 6) is -0.820. The van der Waals surface area contributed by atoms with Crippen molar-refractivity contribution in [3.05, 3.63) is 96.2 Å². The number of allylic oxidation sites excluding steroid dienone is 1. The summed E-state index contributed by atoms with van der Waals surface area (Å²) in [6.45, 7) is 7.76. The molecule has 8 nitrogen and oxygen atoms in total. The summed E-state index contributed by atoms with van der Waals surface area (Å²) in [6.07, 6.45) is 3.07. The summed E-state index contributed by atoms with van der Waals surface area (Å²) in [5, 5.41) is 8.90. The lowest BCUT2D eigenvalue weighted by Crippen LogP contribution is -2.40. The normalized spacial score (nSPS) is 15.2. The largest absolute Gasteiger partial charge is 0.482 e. The second kappa shape index (κ2) is 12.3. The first-order valence-corrected chi connectivity index (χ1v) is 13.8. The molecular weight excluding hydrogens is 516 g/mol. The van der Waals surface area contributed by atoms with Crippen molar-refractivity contribution >= 4 is 29.4 Å². The van der Waals surface area contributed by atoms with E-state index in [-0.39, 0.29) is 12.2 Å². The Morgan fingerprint density at radius 3 is 2.54 bits per heavy atom. The second-order valence-electron chi connectivity index (χ2n) is 9.49. The molecule has 0 amide bonds. The molecule has 9 heteroatoms. The van der Waals surface area contributed by atoms with Gasteiger partial charge in [0, 0.05) is 0 Å². The van der Waals surface area contributed by atoms with Crippen LogP contribution in [0.3, 0.4) is 0 Å². The van der Waals surface area contributed by atoms with Crippen LogP contribution in [0.4, 0.5) is 0 Å². The number of ether oxygens (including phenoxy) is 2. The van der Waals surface area contributed by atoms with Crippen LogP contribution in [0.15, 0.2) is 69.6 Å². The SMILES string of the molecule is CCCC1=C(C(=O)OCC)[C@@H](c2ccc(C(C)C)cc2)n2c(s/c(=C\c3cccc(OCC(=O)O)c3)c2=O)=N1. The van der Waals surface area contributed by atoms with Gasteiger partial charge in [0.05, 0.1) is 28.5 Å². The predicted molar refractivity (Wildman–Crippen MR) is 150 cm³/mol. The molecule has 1 aliphatic heterocycles. The van der Waals surface area contributed by atoms with E-state index >= 15 is 0 Å². The lowest BCUT2D eigenvalue weighted by molar-refractivity contribution is -0.140. The lowest BCUT2D eigenvalue weighted by Gasteiger charge is -2.26. The average molecular weight is 549 g/mol. The first-order valence-electron chi connectivity index (χ1n) is 13.0. The van der Waals surface area contributed by atoms with Crippen molar-refractivity contribution in [1.29, 1.82) is 0 Å². The predicted octanol–water partition coefficient (Wildman–Crippen LogP) is 4.17. The summed E-state index contributed by atoms with van der Waals surface area (Å²) < 4.78 is 12.8. The Labute approximate surface area is 230 Å². The summed E-state index contributed by atoms with van der Waals surface area (Å²) >= 11 is 1.25. The minimum absolute atomic E-state index is 0.214. The van der Waals surface area contributed by atoms with Gasteiger partial charge in [0.15, 0.2) is 11.4 Å². The quantitative estimate of drug-likeness (QED) is 0.381. The van der Waals surface area contributed by atoms with Crippen LogP contribution in [-0.2, 0) is 14.3 Å². The van der Waals surface area contributed by atoms with Crippen molar-refractivity contribution in [3.63, 3.8) is 0 Å². The van der Waals surface area contributed by atoms with Gasteiger partial charge in [-0.25, -0.2) is 14.6 Å². The number of carboxylic acids is 1. The highest BCUT2D eigenvalue weighted by Gasteiger charge is 2.34. The molecule has 0 bridgehead atoms. The number of benzene rings is 2. The van der Waals surface area contributed by atoms with Crippen molar-refractivity contribution in [2.24, 2.45) is 4.99 Å². The molecule has 204 valence electrons. The maximum absolute atomic E-state index is 13.9. The van der Waals surface area contributed by atoms with Crippen LogP contribution < -0.4 is 19.6 Å². The zero-order chi connectivity index (χ0) is 28.1. The van der Waals surface area contributed by atoms with Gasteiger partial charge in [-0.3, -0.25) is 9.36 Å². The van der Waals surface area contributed by atoms with E-state index < -0.39 is 24.6 Å². The molecule has 1 N–H and O–H groups in total. The smallest absolute Gasteiger partial charge is 0.341 e. The minimum atomic E-state index is -1.07. The Morgan fingerprint density at radius 2 is 1.90 bits per heavy atom. The molecule has 0 unspecified atom stereocenters. The highest BCUT2D eigenvalue weighted by Crippen LogP contribution is 2.33. The number of thiazole rings is 1. The fraction of sp³-hybridized carbons (Fsp3) is 0.333. The fourth-order valence-corrected chi connectivity index (χ4v) is 5.51. The van der Waals surface area contributed by atoms with Crippen molar-refractivity contribution in [2.75, 3.05) is 13.2 Å². The molecule has 2 aromatic carbocycles. The van der Waals surface area contributed by atoms with E-state index in [2.05, 4.69) is 13.8 Å². The highest BCUT2D eigenvalue weighted by atomic mass is 32.1. The van der Waals surface area contributed by atoms with Crippen LogP contribution in [0.25, 0.3) is 6.08 Å². The van der Waals surface area contributed by atoms with Gasteiger partial charge in [-0.05, 0) is 54.2 Å². The first-order chi connectivity index (χ1) is 18.7. The number of carboxylic acid groups (broad SMARTS) is 1. The standard InChI is InChI=1S/C30H32N2O6S/c1-5-8-23-26(29(36)37-6-2)27(21-13-11-20(12-14-21)18(3)4)32-28(35)24(39-30(32)31-23)16-19-9-7-10-22(15-19)38-17-25(33)34/h7,9-16,18,27H,5-6,8,17H2,1-4H3,(H,33,34)/b24-16-/t27-/m1/s1. The van der Waals surface area contributed by atoms with E-state index in [4.69, 9.17) is 19.6 Å². The van der Waals surface area contributed by atoms with Gasteiger partial charge in [-0.1, -0.05) is 74.9 Å². The summed E-state index contributed by atoms with van der Waals surface area (Å²) in [5.41, 5.74) is 3.39. The number of esters is 1. The number of carbonyl (C=O) groups is 2. The van der Waals surface area contributed by atoms with E-state index in [9.17, 15) is 14.4 Å². The van der Waals surface area contributed by atoms with Crippen LogP contribution in [0.5, 0.6) is 5.75 Å². The number of fused-ring (bicyclic) bond motifs is 1. The van der Waals surface area contributed by atoms with Gasteiger partial charge in [-0.15, -0.1) is 0 Å². The molecule has 1 aliphatic rings. The summed E-state index contributed by atoms with van der Waals surface area (Å²) in [6, 6.07) is 14.2. The third kappa shape index (κ3) is 6.20. The Bertz CT molecular complexity index is 1580. The Balaban J connectivity index is 1.90. The third-order valence-electron chi connectivity index (χ3n) is 6.33. The maximum atomic E-state index is 13.9. The number of aliphatic carboxylic acids is 1. The van der Waals surface area contributed by atoms with Crippen LogP contribution in [0.2, 0.25) is 0 Å². The lowest BCUT2D eigenvalue weighted by atomic mass is 9.92. The average Bonchev–Trinajstić information content (AvgIpc) is 3.21. The first kappa shape index (κ1) is 28.0. The Hall–Kier alpha value is -3.98. The van der Waals surface area contributed by atoms with E-state index in [1.165, 1.54) is 11.3 Å². The number of aromatic nitrogens is 1. The van der Waals surface area contributed by atoms with Crippen molar-refractivity contribution in [2.45, 2.75) is 52.5 Å². The summed E-state index contributed by atoms with van der Waals surface area (Å²) in [7, 11) is 0. The number of hydrogen-bond acceptors (Lipinski definition) is 7. The van der Waals surface area contributed by atoms with Gasteiger partial charge in [-0.2, -0.15) is 0 Å². The van der Waals surface area contributed by atoms with E-state index in [0.717, 1.165) is 17.5 Å². The second-order valence-corrected chi connectivity index (χ2v) is 10.5. The van der Waals surface area contributed by atoms with Gasteiger partial charge < -0.3 is 14.6 Å². The zero-order valence-electron chi connectivity index (χ0n) is 22.5. The molecule has 0 spiro atoms. The molecule has 3 aromatic rings. The highest BCUT2D eigenvalue weighted by molar-refractivity contribution is 7.07. The molecule has 0 saturated carbocycles. The maximum Gasteiger partial charge on any atom is 0.341 e. The van der Waals surface area contributed by atoms with E-state index in [0.29, 0.717) is 44.3 Å². The van der Waals surface area contributed by atoms with Crippen molar-refractivity contribution in [1.82, 2.24) is 4.57 Å². The van der Waals surface area contributed by atoms with Crippen LogP contribution >= 0.6 is 11.3 Å². The van der Waals surface area contributed by atoms with Gasteiger partial charge >= 0.3 is 11.9 Å². The monoisotopic (exact) mass is 548 g/mol. The number of nitrogens with zero attached hydrogens (tertiary/aromatic N) is 2. The molecule has 0 fully saturated rings.